The first kappa shape index (κ1) is 13.1. The van der Waals surface area contributed by atoms with Crippen LogP contribution >= 0.6 is 46.6 Å². The molecule has 0 aliphatic rings. The van der Waals surface area contributed by atoms with Crippen LogP contribution in [0.2, 0.25) is 15.1 Å². The lowest BCUT2D eigenvalue weighted by Gasteiger charge is -2.09. The molecule has 2 aromatic carbocycles. The summed E-state index contributed by atoms with van der Waals surface area (Å²) in [5, 5.41) is 1.69. The molecule has 0 atom stereocenters. The van der Waals surface area contributed by atoms with Gasteiger partial charge in [0.1, 0.15) is 0 Å². The molecule has 0 nitrogen and oxygen atoms in total. The van der Waals surface area contributed by atoms with Crippen molar-refractivity contribution in [1.29, 1.82) is 0 Å². The molecule has 0 saturated heterocycles. The third kappa shape index (κ3) is 2.92. The summed E-state index contributed by atoms with van der Waals surface area (Å²) in [4.78, 5) is 1.17. The molecule has 0 aromatic heterocycles. The quantitative estimate of drug-likeness (QED) is 0.610. The molecular formula is C13H9Cl3S. The van der Waals surface area contributed by atoms with E-state index < -0.39 is 0 Å². The Labute approximate surface area is 120 Å². The predicted octanol–water partition coefficient (Wildman–Crippen LogP) is 6.04. The van der Waals surface area contributed by atoms with Gasteiger partial charge in [0.2, 0.25) is 0 Å². The monoisotopic (exact) mass is 302 g/mol. The molecule has 2 aromatic rings. The van der Waals surface area contributed by atoms with Crippen molar-refractivity contribution >= 4 is 46.6 Å². The molecular weight excluding hydrogens is 295 g/mol. The van der Waals surface area contributed by atoms with Crippen LogP contribution in [0, 0.1) is 0 Å². The summed E-state index contributed by atoms with van der Waals surface area (Å²) in [6.07, 6.45) is 2.03. The van der Waals surface area contributed by atoms with E-state index in [4.69, 9.17) is 34.8 Å². The van der Waals surface area contributed by atoms with Crippen LogP contribution in [-0.4, -0.2) is 6.26 Å². The zero-order valence-electron chi connectivity index (χ0n) is 9.01. The normalized spacial score (nSPS) is 10.6. The van der Waals surface area contributed by atoms with Crippen LogP contribution in [0.15, 0.2) is 41.3 Å². The third-order valence-corrected chi connectivity index (χ3v) is 3.91. The second-order valence-corrected chi connectivity index (χ2v) is 5.61. The molecule has 0 radical (unpaired) electrons. The highest BCUT2D eigenvalue weighted by Crippen LogP contribution is 2.38. The Morgan fingerprint density at radius 1 is 0.941 bits per heavy atom. The van der Waals surface area contributed by atoms with E-state index in [1.165, 1.54) is 4.90 Å². The first-order chi connectivity index (χ1) is 8.11. The van der Waals surface area contributed by atoms with Crippen LogP contribution in [0.25, 0.3) is 11.1 Å². The third-order valence-electron chi connectivity index (χ3n) is 2.37. The Hall–Kier alpha value is -0.340. The van der Waals surface area contributed by atoms with Crippen LogP contribution in [0.3, 0.4) is 0 Å². The van der Waals surface area contributed by atoms with Gasteiger partial charge in [0.05, 0.1) is 10.0 Å². The minimum Gasteiger partial charge on any atom is -0.130 e. The first-order valence-corrected chi connectivity index (χ1v) is 7.26. The largest absolute Gasteiger partial charge is 0.130 e. The summed E-state index contributed by atoms with van der Waals surface area (Å²) in [5.74, 6) is 0. The summed E-state index contributed by atoms with van der Waals surface area (Å²) < 4.78 is 0. The summed E-state index contributed by atoms with van der Waals surface area (Å²) in [5.41, 5.74) is 1.83. The second kappa shape index (κ2) is 5.53. The van der Waals surface area contributed by atoms with Crippen molar-refractivity contribution in [3.63, 3.8) is 0 Å². The van der Waals surface area contributed by atoms with E-state index in [-0.39, 0.29) is 0 Å². The first-order valence-electron chi connectivity index (χ1n) is 4.91. The predicted molar refractivity (Wildman–Crippen MR) is 78.7 cm³/mol. The average Bonchev–Trinajstić information content (AvgIpc) is 2.28. The van der Waals surface area contributed by atoms with Crippen LogP contribution < -0.4 is 0 Å². The zero-order valence-corrected chi connectivity index (χ0v) is 12.1. The van der Waals surface area contributed by atoms with Gasteiger partial charge in [-0.3, -0.25) is 0 Å². The van der Waals surface area contributed by atoms with Gasteiger partial charge in [0.25, 0.3) is 0 Å². The molecule has 0 heterocycles. The Kier molecular flexibility index (Phi) is 4.26. The van der Waals surface area contributed by atoms with E-state index in [0.717, 1.165) is 11.1 Å². The number of benzene rings is 2. The van der Waals surface area contributed by atoms with Crippen LogP contribution in [0.5, 0.6) is 0 Å². The van der Waals surface area contributed by atoms with Gasteiger partial charge in [0.15, 0.2) is 0 Å². The lowest BCUT2D eigenvalue weighted by atomic mass is 10.1. The summed E-state index contributed by atoms with van der Waals surface area (Å²) in [7, 11) is 0. The van der Waals surface area contributed by atoms with E-state index in [0.29, 0.717) is 15.1 Å². The summed E-state index contributed by atoms with van der Waals surface area (Å²) in [6.45, 7) is 0. The molecule has 0 unspecified atom stereocenters. The lowest BCUT2D eigenvalue weighted by Crippen LogP contribution is -1.83. The number of halogens is 3. The van der Waals surface area contributed by atoms with Gasteiger partial charge >= 0.3 is 0 Å². The molecule has 2 rings (SSSR count). The molecule has 0 bridgehead atoms. The molecule has 0 aliphatic heterocycles. The average molecular weight is 304 g/mol. The van der Waals surface area contributed by atoms with Crippen LogP contribution in [0.4, 0.5) is 0 Å². The highest BCUT2D eigenvalue weighted by atomic mass is 35.5. The van der Waals surface area contributed by atoms with Crippen molar-refractivity contribution in [3.05, 3.63) is 51.5 Å². The van der Waals surface area contributed by atoms with E-state index >= 15 is 0 Å². The Morgan fingerprint density at radius 2 is 1.59 bits per heavy atom. The SMILES string of the molecule is CSc1cccc(-c2c(Cl)cc(Cl)cc2Cl)c1. The van der Waals surface area contributed by atoms with Gasteiger partial charge in [-0.1, -0.05) is 46.9 Å². The maximum atomic E-state index is 6.19. The fourth-order valence-electron chi connectivity index (χ4n) is 1.60. The number of thioether (sulfide) groups is 1. The topological polar surface area (TPSA) is 0 Å². The van der Waals surface area contributed by atoms with E-state index in [9.17, 15) is 0 Å². The van der Waals surface area contributed by atoms with Crippen molar-refractivity contribution in [3.8, 4) is 11.1 Å². The van der Waals surface area contributed by atoms with E-state index in [1.54, 1.807) is 23.9 Å². The van der Waals surface area contributed by atoms with Gasteiger partial charge in [-0.05, 0) is 36.1 Å². The van der Waals surface area contributed by atoms with Crippen molar-refractivity contribution < 1.29 is 0 Å². The van der Waals surface area contributed by atoms with E-state index in [2.05, 4.69) is 6.07 Å². The van der Waals surface area contributed by atoms with Crippen LogP contribution in [0.1, 0.15) is 0 Å². The second-order valence-electron chi connectivity index (χ2n) is 3.48. The minimum atomic E-state index is 0.546. The highest BCUT2D eigenvalue weighted by Gasteiger charge is 2.10. The van der Waals surface area contributed by atoms with Gasteiger partial charge in [-0.25, -0.2) is 0 Å². The molecule has 0 saturated carbocycles. The molecule has 0 fully saturated rings. The van der Waals surface area contributed by atoms with Crippen LogP contribution in [-0.2, 0) is 0 Å². The van der Waals surface area contributed by atoms with Gasteiger partial charge in [-0.15, -0.1) is 11.8 Å². The maximum absolute atomic E-state index is 6.19. The molecule has 88 valence electrons. The van der Waals surface area contributed by atoms with Gasteiger partial charge in [-0.2, -0.15) is 0 Å². The number of hydrogen-bond donors (Lipinski definition) is 0. The minimum absolute atomic E-state index is 0.546. The molecule has 0 aliphatic carbocycles. The van der Waals surface area contributed by atoms with Gasteiger partial charge in [0, 0.05) is 15.5 Å². The summed E-state index contributed by atoms with van der Waals surface area (Å²) in [6, 6.07) is 11.5. The fourth-order valence-corrected chi connectivity index (χ4v) is 3.09. The summed E-state index contributed by atoms with van der Waals surface area (Å²) >= 11 is 20.0. The van der Waals surface area contributed by atoms with E-state index in [1.807, 2.05) is 24.5 Å². The molecule has 17 heavy (non-hydrogen) atoms. The number of hydrogen-bond acceptors (Lipinski definition) is 1. The van der Waals surface area contributed by atoms with Crippen molar-refractivity contribution in [1.82, 2.24) is 0 Å². The smallest absolute Gasteiger partial charge is 0.0514 e. The lowest BCUT2D eigenvalue weighted by molar-refractivity contribution is 1.46. The standard InChI is InChI=1S/C13H9Cl3S/c1-17-10-4-2-3-8(5-10)13-11(15)6-9(14)7-12(13)16/h2-7H,1H3. The Bertz CT molecular complexity index is 529. The van der Waals surface area contributed by atoms with Crippen molar-refractivity contribution in [2.45, 2.75) is 4.90 Å². The maximum Gasteiger partial charge on any atom is 0.0514 e. The Balaban J connectivity index is 2.60. The molecule has 0 N–H and O–H groups in total. The Morgan fingerprint density at radius 3 is 2.18 bits per heavy atom. The molecule has 0 amide bonds. The molecule has 0 spiro atoms. The van der Waals surface area contributed by atoms with Crippen molar-refractivity contribution in [2.75, 3.05) is 6.26 Å². The molecule has 4 heteroatoms. The number of rotatable bonds is 2. The van der Waals surface area contributed by atoms with Crippen molar-refractivity contribution in [2.24, 2.45) is 0 Å². The van der Waals surface area contributed by atoms with Gasteiger partial charge < -0.3 is 0 Å². The fraction of sp³-hybridized carbons (Fsp3) is 0.0769. The highest BCUT2D eigenvalue weighted by molar-refractivity contribution is 7.98. The zero-order chi connectivity index (χ0) is 12.4.